The summed E-state index contributed by atoms with van der Waals surface area (Å²) in [6.45, 7) is 3.40. The fourth-order valence-corrected chi connectivity index (χ4v) is 4.13. The van der Waals surface area contributed by atoms with Gasteiger partial charge in [0.05, 0.1) is 24.7 Å². The van der Waals surface area contributed by atoms with Crippen LogP contribution >= 0.6 is 24.0 Å². The molecule has 0 spiro atoms. The zero-order chi connectivity index (χ0) is 21.5. The molecule has 0 atom stereocenters. The lowest BCUT2D eigenvalue weighted by atomic mass is 10.1. The lowest BCUT2D eigenvalue weighted by Crippen LogP contribution is -2.31. The van der Waals surface area contributed by atoms with Gasteiger partial charge >= 0.3 is 0 Å². The number of hydrogen-bond acceptors (Lipinski definition) is 6. The van der Waals surface area contributed by atoms with Crippen molar-refractivity contribution < 1.29 is 23.4 Å². The summed E-state index contributed by atoms with van der Waals surface area (Å²) in [4.78, 5) is 14.7. The third-order valence-corrected chi connectivity index (χ3v) is 5.62. The van der Waals surface area contributed by atoms with Crippen LogP contribution in [0.3, 0.4) is 0 Å². The Kier molecular flexibility index (Phi) is 7.84. The Morgan fingerprint density at radius 1 is 1.17 bits per heavy atom. The zero-order valence-corrected chi connectivity index (χ0v) is 18.4. The molecule has 0 aromatic heterocycles. The molecule has 0 N–H and O–H groups in total. The van der Waals surface area contributed by atoms with Crippen molar-refractivity contribution in [2.45, 2.75) is 13.5 Å². The predicted octanol–water partition coefficient (Wildman–Crippen LogP) is 4.65. The number of amides is 1. The number of benzene rings is 2. The van der Waals surface area contributed by atoms with Crippen LogP contribution in [0.4, 0.5) is 4.39 Å². The Bertz CT molecular complexity index is 964. The van der Waals surface area contributed by atoms with E-state index >= 15 is 0 Å². The van der Waals surface area contributed by atoms with E-state index < -0.39 is 0 Å². The van der Waals surface area contributed by atoms with E-state index in [2.05, 4.69) is 0 Å². The smallest absolute Gasteiger partial charge is 0.266 e. The Morgan fingerprint density at radius 2 is 2.00 bits per heavy atom. The molecule has 0 aliphatic carbocycles. The molecule has 1 aliphatic rings. The summed E-state index contributed by atoms with van der Waals surface area (Å²) in [7, 11) is 1.58. The monoisotopic (exact) mass is 447 g/mol. The topological polar surface area (TPSA) is 48.0 Å². The van der Waals surface area contributed by atoms with Gasteiger partial charge in [0.25, 0.3) is 5.91 Å². The van der Waals surface area contributed by atoms with Gasteiger partial charge in [-0.2, -0.15) is 0 Å². The number of carbonyl (C=O) groups excluding carboxylic acids is 1. The van der Waals surface area contributed by atoms with E-state index in [1.807, 2.05) is 19.1 Å². The zero-order valence-electron chi connectivity index (χ0n) is 16.7. The number of rotatable bonds is 9. The summed E-state index contributed by atoms with van der Waals surface area (Å²) in [5, 5.41) is 0. The summed E-state index contributed by atoms with van der Waals surface area (Å²) in [5.41, 5.74) is 1.52. The predicted molar refractivity (Wildman–Crippen MR) is 120 cm³/mol. The number of thiocarbonyl (C=S) groups is 1. The van der Waals surface area contributed by atoms with Gasteiger partial charge in [0.1, 0.15) is 16.7 Å². The second-order valence-electron chi connectivity index (χ2n) is 6.38. The average Bonchev–Trinajstić information content (AvgIpc) is 2.99. The van der Waals surface area contributed by atoms with Crippen molar-refractivity contribution in [3.05, 3.63) is 64.3 Å². The number of nitrogens with zero attached hydrogens (tertiary/aromatic N) is 1. The maximum atomic E-state index is 13.4. The first kappa shape index (κ1) is 22.3. The van der Waals surface area contributed by atoms with Crippen LogP contribution in [0.15, 0.2) is 47.4 Å². The van der Waals surface area contributed by atoms with Crippen molar-refractivity contribution in [1.29, 1.82) is 0 Å². The van der Waals surface area contributed by atoms with Gasteiger partial charge in [0.2, 0.25) is 0 Å². The molecule has 1 heterocycles. The average molecular weight is 448 g/mol. The van der Waals surface area contributed by atoms with E-state index in [0.717, 1.165) is 11.1 Å². The summed E-state index contributed by atoms with van der Waals surface area (Å²) in [6, 6.07) is 11.7. The van der Waals surface area contributed by atoms with Gasteiger partial charge in [-0.15, -0.1) is 0 Å². The lowest BCUT2D eigenvalue weighted by molar-refractivity contribution is -0.122. The van der Waals surface area contributed by atoms with Crippen molar-refractivity contribution in [3.63, 3.8) is 0 Å². The Labute approximate surface area is 184 Å². The standard InChI is InChI=1S/C22H22FNO4S2/c1-3-27-19-12-15(13-20-21(25)24(9-10-26-2)22(29)30-20)7-8-18(19)28-14-16-5-4-6-17(23)11-16/h4-8,11-13H,3,9-10,14H2,1-2H3. The molecule has 0 radical (unpaired) electrons. The van der Waals surface area contributed by atoms with E-state index in [1.165, 1.54) is 28.8 Å². The molecule has 1 fully saturated rings. The van der Waals surface area contributed by atoms with Gasteiger partial charge in [-0.05, 0) is 48.4 Å². The molecule has 2 aromatic carbocycles. The fourth-order valence-electron chi connectivity index (χ4n) is 2.82. The highest BCUT2D eigenvalue weighted by Crippen LogP contribution is 2.35. The molecule has 1 aliphatic heterocycles. The molecule has 0 saturated carbocycles. The molecule has 0 bridgehead atoms. The molecular formula is C22H22FNO4S2. The maximum absolute atomic E-state index is 13.4. The van der Waals surface area contributed by atoms with Crippen LogP contribution in [-0.4, -0.2) is 42.0 Å². The van der Waals surface area contributed by atoms with Crippen LogP contribution in [-0.2, 0) is 16.1 Å². The molecule has 8 heteroatoms. The molecule has 2 aromatic rings. The van der Waals surface area contributed by atoms with Gasteiger partial charge in [-0.25, -0.2) is 4.39 Å². The molecule has 0 unspecified atom stereocenters. The molecule has 158 valence electrons. The number of thioether (sulfide) groups is 1. The number of methoxy groups -OCH3 is 1. The van der Waals surface area contributed by atoms with E-state index in [1.54, 1.807) is 31.4 Å². The number of hydrogen-bond donors (Lipinski definition) is 0. The van der Waals surface area contributed by atoms with Crippen LogP contribution in [0.25, 0.3) is 6.08 Å². The molecule has 1 amide bonds. The highest BCUT2D eigenvalue weighted by molar-refractivity contribution is 8.26. The SMILES string of the molecule is CCOc1cc(C=C2SC(=S)N(CCOC)C2=O)ccc1OCc1cccc(F)c1. The van der Waals surface area contributed by atoms with Crippen LogP contribution in [0.2, 0.25) is 0 Å². The molecule has 5 nitrogen and oxygen atoms in total. The maximum Gasteiger partial charge on any atom is 0.266 e. The largest absolute Gasteiger partial charge is 0.490 e. The fraction of sp³-hybridized carbons (Fsp3) is 0.273. The third-order valence-electron chi connectivity index (χ3n) is 4.24. The normalized spacial score (nSPS) is 15.2. The molecule has 30 heavy (non-hydrogen) atoms. The summed E-state index contributed by atoms with van der Waals surface area (Å²) in [5.74, 6) is 0.661. The number of halogens is 1. The first-order chi connectivity index (χ1) is 14.5. The minimum Gasteiger partial charge on any atom is -0.490 e. The van der Waals surface area contributed by atoms with Crippen molar-refractivity contribution in [2.75, 3.05) is 26.9 Å². The van der Waals surface area contributed by atoms with Gasteiger partial charge in [0.15, 0.2) is 11.5 Å². The summed E-state index contributed by atoms with van der Waals surface area (Å²) >= 11 is 6.57. The van der Waals surface area contributed by atoms with Gasteiger partial charge in [-0.3, -0.25) is 9.69 Å². The minimum atomic E-state index is -0.306. The molecular weight excluding hydrogens is 425 g/mol. The molecule has 3 rings (SSSR count). The van der Waals surface area contributed by atoms with Crippen LogP contribution in [0, 0.1) is 5.82 Å². The van der Waals surface area contributed by atoms with E-state index in [0.29, 0.717) is 40.5 Å². The van der Waals surface area contributed by atoms with Gasteiger partial charge in [0, 0.05) is 7.11 Å². The Hall–Kier alpha value is -2.42. The first-order valence-electron chi connectivity index (χ1n) is 9.40. The number of ether oxygens (including phenoxy) is 3. The summed E-state index contributed by atoms with van der Waals surface area (Å²) < 4.78 is 30.4. The highest BCUT2D eigenvalue weighted by atomic mass is 32.2. The van der Waals surface area contributed by atoms with E-state index in [4.69, 9.17) is 26.4 Å². The minimum absolute atomic E-state index is 0.133. The summed E-state index contributed by atoms with van der Waals surface area (Å²) in [6.07, 6.45) is 1.78. The Morgan fingerprint density at radius 3 is 2.73 bits per heavy atom. The van der Waals surface area contributed by atoms with Crippen molar-refractivity contribution in [1.82, 2.24) is 4.90 Å². The van der Waals surface area contributed by atoms with Crippen LogP contribution in [0.1, 0.15) is 18.1 Å². The highest BCUT2D eigenvalue weighted by Gasteiger charge is 2.31. The number of carbonyl (C=O) groups is 1. The first-order valence-corrected chi connectivity index (χ1v) is 10.6. The van der Waals surface area contributed by atoms with Crippen molar-refractivity contribution >= 4 is 40.3 Å². The Balaban J connectivity index is 1.76. The molecule has 1 saturated heterocycles. The van der Waals surface area contributed by atoms with Gasteiger partial charge < -0.3 is 14.2 Å². The van der Waals surface area contributed by atoms with E-state index in [9.17, 15) is 9.18 Å². The lowest BCUT2D eigenvalue weighted by Gasteiger charge is -2.13. The van der Waals surface area contributed by atoms with Crippen LogP contribution < -0.4 is 9.47 Å². The quantitative estimate of drug-likeness (QED) is 0.412. The van der Waals surface area contributed by atoms with E-state index in [-0.39, 0.29) is 18.3 Å². The second-order valence-corrected chi connectivity index (χ2v) is 8.06. The van der Waals surface area contributed by atoms with Crippen molar-refractivity contribution in [3.8, 4) is 11.5 Å². The van der Waals surface area contributed by atoms with Gasteiger partial charge in [-0.1, -0.05) is 42.2 Å². The third kappa shape index (κ3) is 5.59. The second kappa shape index (κ2) is 10.6. The van der Waals surface area contributed by atoms with Crippen LogP contribution in [0.5, 0.6) is 11.5 Å². The van der Waals surface area contributed by atoms with Crippen molar-refractivity contribution in [2.24, 2.45) is 0 Å².